The summed E-state index contributed by atoms with van der Waals surface area (Å²) in [6.07, 6.45) is -1.23. The molecule has 0 spiro atoms. The summed E-state index contributed by atoms with van der Waals surface area (Å²) in [6.45, 7) is 2.86. The summed E-state index contributed by atoms with van der Waals surface area (Å²) in [5, 5.41) is 13.2. The summed E-state index contributed by atoms with van der Waals surface area (Å²) >= 11 is 0. The van der Waals surface area contributed by atoms with E-state index in [0.717, 1.165) is 0 Å². The fraction of sp³-hybridized carbons (Fsp3) is 0.278. The van der Waals surface area contributed by atoms with E-state index in [4.69, 9.17) is 4.74 Å². The molecular weight excluding hydrogens is 278 g/mol. The van der Waals surface area contributed by atoms with Gasteiger partial charge in [-0.15, -0.1) is 0 Å². The van der Waals surface area contributed by atoms with Crippen LogP contribution in [0.3, 0.4) is 0 Å². The Morgan fingerprint density at radius 1 is 1.09 bits per heavy atom. The summed E-state index contributed by atoms with van der Waals surface area (Å²) in [5.41, 5.74) is 1.71. The molecule has 22 heavy (non-hydrogen) atoms. The van der Waals surface area contributed by atoms with Gasteiger partial charge < -0.3 is 15.2 Å². The van der Waals surface area contributed by atoms with Crippen molar-refractivity contribution in [3.8, 4) is 0 Å². The molecule has 2 rings (SSSR count). The average Bonchev–Trinajstić information content (AvgIpc) is 2.58. The van der Waals surface area contributed by atoms with E-state index < -0.39 is 12.1 Å². The molecule has 4 heteroatoms. The predicted molar refractivity (Wildman–Crippen MR) is 85.1 cm³/mol. The van der Waals surface area contributed by atoms with Gasteiger partial charge in [0.05, 0.1) is 0 Å². The van der Waals surface area contributed by atoms with Gasteiger partial charge in [0, 0.05) is 12.6 Å². The molecule has 2 unspecified atom stereocenters. The fourth-order valence-electron chi connectivity index (χ4n) is 2.00. The van der Waals surface area contributed by atoms with Gasteiger partial charge in [-0.05, 0) is 18.1 Å². The van der Waals surface area contributed by atoms with Gasteiger partial charge in [0.15, 0.2) is 6.10 Å². The first-order valence-corrected chi connectivity index (χ1v) is 7.34. The molecule has 0 saturated carbocycles. The maximum Gasteiger partial charge on any atom is 0.339 e. The number of carbonyl (C=O) groups is 1. The number of carbonyl (C=O) groups excluding carboxylic acids is 1. The Morgan fingerprint density at radius 2 is 1.68 bits per heavy atom. The fourth-order valence-corrected chi connectivity index (χ4v) is 2.00. The van der Waals surface area contributed by atoms with E-state index in [1.54, 1.807) is 24.3 Å². The Kier molecular flexibility index (Phi) is 6.13. The molecule has 0 radical (unpaired) electrons. The maximum atomic E-state index is 11.8. The van der Waals surface area contributed by atoms with Crippen molar-refractivity contribution >= 4 is 5.97 Å². The lowest BCUT2D eigenvalue weighted by molar-refractivity contribution is -0.154. The lowest BCUT2D eigenvalue weighted by Crippen LogP contribution is -2.32. The van der Waals surface area contributed by atoms with Crippen LogP contribution in [0.2, 0.25) is 0 Å². The van der Waals surface area contributed by atoms with Gasteiger partial charge in [-0.1, -0.05) is 60.7 Å². The molecule has 0 aliphatic heterocycles. The topological polar surface area (TPSA) is 58.6 Å². The number of aliphatic hydroxyl groups is 1. The first-order chi connectivity index (χ1) is 10.7. The van der Waals surface area contributed by atoms with E-state index in [1.807, 2.05) is 43.3 Å². The SMILES string of the molecule is CC(COC(=O)C(O)c1ccccc1)NCc1ccccc1. The molecule has 0 fully saturated rings. The van der Waals surface area contributed by atoms with E-state index in [0.29, 0.717) is 12.1 Å². The Balaban J connectivity index is 1.74. The molecule has 2 N–H and O–H groups in total. The quantitative estimate of drug-likeness (QED) is 0.771. The number of rotatable bonds is 7. The monoisotopic (exact) mass is 299 g/mol. The van der Waals surface area contributed by atoms with Crippen LogP contribution in [-0.4, -0.2) is 23.7 Å². The molecule has 2 aromatic rings. The molecule has 0 aliphatic carbocycles. The molecule has 4 nitrogen and oxygen atoms in total. The van der Waals surface area contributed by atoms with Gasteiger partial charge in [-0.2, -0.15) is 0 Å². The zero-order valence-corrected chi connectivity index (χ0v) is 12.6. The van der Waals surface area contributed by atoms with Crippen LogP contribution >= 0.6 is 0 Å². The molecule has 0 aliphatic rings. The van der Waals surface area contributed by atoms with Gasteiger partial charge in [-0.25, -0.2) is 4.79 Å². The summed E-state index contributed by atoms with van der Waals surface area (Å²) < 4.78 is 5.16. The highest BCUT2D eigenvalue weighted by Crippen LogP contribution is 2.13. The zero-order valence-electron chi connectivity index (χ0n) is 12.6. The molecule has 0 amide bonds. The number of aliphatic hydroxyl groups excluding tert-OH is 1. The molecular formula is C18H21NO3. The van der Waals surface area contributed by atoms with Crippen LogP contribution in [-0.2, 0) is 16.1 Å². The first-order valence-electron chi connectivity index (χ1n) is 7.34. The van der Waals surface area contributed by atoms with Crippen LogP contribution in [0.15, 0.2) is 60.7 Å². The molecule has 0 saturated heterocycles. The Bertz CT molecular complexity index is 571. The second kappa shape index (κ2) is 8.32. The average molecular weight is 299 g/mol. The number of esters is 1. The van der Waals surface area contributed by atoms with Crippen molar-refractivity contribution in [2.24, 2.45) is 0 Å². The molecule has 2 aromatic carbocycles. The Labute approximate surface area is 130 Å². The van der Waals surface area contributed by atoms with Crippen LogP contribution in [0.1, 0.15) is 24.2 Å². The minimum atomic E-state index is -1.23. The third-order valence-electron chi connectivity index (χ3n) is 3.31. The van der Waals surface area contributed by atoms with E-state index >= 15 is 0 Å². The minimum Gasteiger partial charge on any atom is -0.462 e. The number of hydrogen-bond acceptors (Lipinski definition) is 4. The maximum absolute atomic E-state index is 11.8. The number of benzene rings is 2. The molecule has 0 heterocycles. The summed E-state index contributed by atoms with van der Waals surface area (Å²) in [4.78, 5) is 11.8. The third-order valence-corrected chi connectivity index (χ3v) is 3.31. The molecule has 2 atom stereocenters. The van der Waals surface area contributed by atoms with Crippen molar-refractivity contribution in [3.05, 3.63) is 71.8 Å². The predicted octanol–water partition coefficient (Wildman–Crippen LogP) is 2.44. The van der Waals surface area contributed by atoms with Crippen molar-refractivity contribution < 1.29 is 14.6 Å². The molecule has 0 bridgehead atoms. The van der Waals surface area contributed by atoms with E-state index in [1.165, 1.54) is 5.56 Å². The van der Waals surface area contributed by atoms with Gasteiger partial charge in [0.1, 0.15) is 6.61 Å². The van der Waals surface area contributed by atoms with Crippen molar-refractivity contribution in [1.29, 1.82) is 0 Å². The van der Waals surface area contributed by atoms with E-state index in [9.17, 15) is 9.90 Å². The summed E-state index contributed by atoms with van der Waals surface area (Å²) in [7, 11) is 0. The molecule has 116 valence electrons. The van der Waals surface area contributed by atoms with Gasteiger partial charge >= 0.3 is 5.97 Å². The lowest BCUT2D eigenvalue weighted by Gasteiger charge is -2.16. The van der Waals surface area contributed by atoms with E-state index in [2.05, 4.69) is 5.32 Å². The molecule has 0 aromatic heterocycles. The van der Waals surface area contributed by atoms with Crippen molar-refractivity contribution in [1.82, 2.24) is 5.32 Å². The van der Waals surface area contributed by atoms with Crippen LogP contribution in [0, 0.1) is 0 Å². The highest BCUT2D eigenvalue weighted by molar-refractivity contribution is 5.76. The third kappa shape index (κ3) is 4.98. The van der Waals surface area contributed by atoms with Gasteiger partial charge in [-0.3, -0.25) is 0 Å². The number of nitrogens with one attached hydrogen (secondary N) is 1. The van der Waals surface area contributed by atoms with Crippen LogP contribution < -0.4 is 5.32 Å². The van der Waals surface area contributed by atoms with Crippen molar-refractivity contribution in [2.75, 3.05) is 6.61 Å². The normalized spacial score (nSPS) is 13.4. The second-order valence-electron chi connectivity index (χ2n) is 5.21. The second-order valence-corrected chi connectivity index (χ2v) is 5.21. The Hall–Kier alpha value is -2.17. The van der Waals surface area contributed by atoms with Gasteiger partial charge in [0.25, 0.3) is 0 Å². The lowest BCUT2D eigenvalue weighted by atomic mass is 10.1. The highest BCUT2D eigenvalue weighted by Gasteiger charge is 2.19. The zero-order chi connectivity index (χ0) is 15.8. The van der Waals surface area contributed by atoms with Crippen molar-refractivity contribution in [3.63, 3.8) is 0 Å². The smallest absolute Gasteiger partial charge is 0.339 e. The first kappa shape index (κ1) is 16.2. The number of hydrogen-bond donors (Lipinski definition) is 2. The highest BCUT2D eigenvalue weighted by atomic mass is 16.5. The summed E-state index contributed by atoms with van der Waals surface area (Å²) in [6, 6.07) is 18.8. The van der Waals surface area contributed by atoms with Crippen LogP contribution in [0.5, 0.6) is 0 Å². The van der Waals surface area contributed by atoms with E-state index in [-0.39, 0.29) is 12.6 Å². The standard InChI is InChI=1S/C18H21NO3/c1-14(19-12-15-8-4-2-5-9-15)13-22-18(21)17(20)16-10-6-3-7-11-16/h2-11,14,17,19-20H,12-13H2,1H3. The van der Waals surface area contributed by atoms with Crippen LogP contribution in [0.4, 0.5) is 0 Å². The van der Waals surface area contributed by atoms with Gasteiger partial charge in [0.2, 0.25) is 0 Å². The van der Waals surface area contributed by atoms with Crippen LogP contribution in [0.25, 0.3) is 0 Å². The largest absolute Gasteiger partial charge is 0.462 e. The Morgan fingerprint density at radius 3 is 2.32 bits per heavy atom. The minimum absolute atomic E-state index is 0.00660. The summed E-state index contributed by atoms with van der Waals surface area (Å²) in [5.74, 6) is -0.625. The number of ether oxygens (including phenoxy) is 1. The van der Waals surface area contributed by atoms with Crippen molar-refractivity contribution in [2.45, 2.75) is 25.6 Å².